The molecular formula is C10H14N4O. The van der Waals surface area contributed by atoms with E-state index in [1.807, 2.05) is 6.92 Å². The van der Waals surface area contributed by atoms with Crippen LogP contribution in [0, 0.1) is 0 Å². The van der Waals surface area contributed by atoms with Crippen molar-refractivity contribution < 1.29 is 4.79 Å². The molecule has 0 atom stereocenters. The van der Waals surface area contributed by atoms with Crippen molar-refractivity contribution in [3.8, 4) is 0 Å². The number of H-pyrrole nitrogens is 1. The molecule has 80 valence electrons. The van der Waals surface area contributed by atoms with Crippen LogP contribution in [0.4, 0.5) is 0 Å². The Hall–Kier alpha value is -1.62. The highest BCUT2D eigenvalue weighted by molar-refractivity contribution is 5.93. The molecule has 1 amide bonds. The zero-order valence-electron chi connectivity index (χ0n) is 8.63. The fraction of sp³-hybridized carbons (Fsp3) is 0.400. The maximum absolute atomic E-state index is 11.6. The van der Waals surface area contributed by atoms with Crippen molar-refractivity contribution >= 4 is 5.91 Å². The van der Waals surface area contributed by atoms with Gasteiger partial charge in [-0.15, -0.1) is 0 Å². The number of nitrogens with one attached hydrogen (secondary N) is 3. The highest BCUT2D eigenvalue weighted by Crippen LogP contribution is 2.08. The molecule has 0 bridgehead atoms. The van der Waals surface area contributed by atoms with Gasteiger partial charge in [-0.1, -0.05) is 0 Å². The van der Waals surface area contributed by atoms with Gasteiger partial charge in [0.25, 0.3) is 0 Å². The maximum atomic E-state index is 11.6. The predicted octanol–water partition coefficient (Wildman–Crippen LogP) is -0.0544. The lowest BCUT2D eigenvalue weighted by atomic mass is 10.0. The fourth-order valence-corrected chi connectivity index (χ4v) is 1.36. The normalized spacial score (nSPS) is 14.6. The summed E-state index contributed by atoms with van der Waals surface area (Å²) in [5, 5.41) is 12.5. The largest absolute Gasteiger partial charge is 0.348 e. The van der Waals surface area contributed by atoms with Crippen LogP contribution in [-0.2, 0) is 11.3 Å². The average Bonchev–Trinajstić information content (AvgIpc) is 2.63. The molecular weight excluding hydrogens is 192 g/mol. The molecule has 3 N–H and O–H groups in total. The molecule has 0 aliphatic carbocycles. The molecule has 1 fully saturated rings. The Morgan fingerprint density at radius 3 is 2.93 bits per heavy atom. The number of nitrogens with zero attached hydrogens (tertiary/aromatic N) is 1. The molecule has 5 heteroatoms. The van der Waals surface area contributed by atoms with Crippen LogP contribution >= 0.6 is 0 Å². The lowest BCUT2D eigenvalue weighted by Gasteiger charge is -2.21. The second-order valence-corrected chi connectivity index (χ2v) is 3.62. The van der Waals surface area contributed by atoms with Crippen LogP contribution < -0.4 is 10.6 Å². The lowest BCUT2D eigenvalue weighted by molar-refractivity contribution is -0.117. The molecule has 0 spiro atoms. The average molecular weight is 206 g/mol. The summed E-state index contributed by atoms with van der Waals surface area (Å²) in [6.45, 7) is 4.06. The summed E-state index contributed by atoms with van der Waals surface area (Å²) in [6, 6.07) is 0. The summed E-state index contributed by atoms with van der Waals surface area (Å²) >= 11 is 0. The van der Waals surface area contributed by atoms with Crippen LogP contribution in [0.2, 0.25) is 0 Å². The minimum absolute atomic E-state index is 0.00713. The third-order valence-corrected chi connectivity index (χ3v) is 2.56. The Bertz CT molecular complexity index is 374. The molecule has 1 saturated heterocycles. The standard InChI is InChI=1S/C10H14N4O/c1-7(9-5-11-6-9)10(15)12-2-8-3-13-14-4-8/h3-4,11H,2,5-6H2,1H3,(H,12,15)(H,13,14). The number of carbonyl (C=O) groups excluding carboxylic acids is 1. The molecule has 0 unspecified atom stereocenters. The van der Waals surface area contributed by atoms with Gasteiger partial charge in [0.05, 0.1) is 6.20 Å². The molecule has 0 aromatic carbocycles. The van der Waals surface area contributed by atoms with Gasteiger partial charge in [-0.05, 0) is 12.5 Å². The first kappa shape index (κ1) is 9.92. The van der Waals surface area contributed by atoms with Gasteiger partial charge >= 0.3 is 0 Å². The van der Waals surface area contributed by atoms with Gasteiger partial charge in [0, 0.05) is 37.0 Å². The van der Waals surface area contributed by atoms with Crippen molar-refractivity contribution in [2.24, 2.45) is 0 Å². The van der Waals surface area contributed by atoms with E-state index in [1.54, 1.807) is 12.4 Å². The first-order valence-electron chi connectivity index (χ1n) is 4.92. The maximum Gasteiger partial charge on any atom is 0.247 e. The first-order valence-corrected chi connectivity index (χ1v) is 4.92. The number of rotatable bonds is 3. The van der Waals surface area contributed by atoms with Gasteiger partial charge in [0.1, 0.15) is 0 Å². The zero-order valence-corrected chi connectivity index (χ0v) is 8.63. The molecule has 2 heterocycles. The SMILES string of the molecule is CC(C(=O)NCc1cn[nH]c1)=C1CNC1. The van der Waals surface area contributed by atoms with Crippen molar-refractivity contribution in [1.82, 2.24) is 20.8 Å². The van der Waals surface area contributed by atoms with Crippen LogP contribution in [0.25, 0.3) is 0 Å². The molecule has 5 nitrogen and oxygen atoms in total. The summed E-state index contributed by atoms with van der Waals surface area (Å²) in [6.07, 6.45) is 3.47. The topological polar surface area (TPSA) is 69.8 Å². The van der Waals surface area contributed by atoms with Crippen molar-refractivity contribution in [1.29, 1.82) is 0 Å². The van der Waals surface area contributed by atoms with E-state index in [2.05, 4.69) is 20.8 Å². The van der Waals surface area contributed by atoms with Gasteiger partial charge in [-0.3, -0.25) is 9.89 Å². The number of carbonyl (C=O) groups is 1. The summed E-state index contributed by atoms with van der Waals surface area (Å²) in [4.78, 5) is 11.6. The molecule has 1 aromatic rings. The summed E-state index contributed by atoms with van der Waals surface area (Å²) in [7, 11) is 0. The van der Waals surface area contributed by atoms with Crippen LogP contribution in [-0.4, -0.2) is 29.2 Å². The van der Waals surface area contributed by atoms with E-state index in [9.17, 15) is 4.79 Å². The molecule has 2 rings (SSSR count). The Balaban J connectivity index is 1.87. The fourth-order valence-electron chi connectivity index (χ4n) is 1.36. The van der Waals surface area contributed by atoms with E-state index >= 15 is 0 Å². The minimum atomic E-state index is 0.00713. The molecule has 0 radical (unpaired) electrons. The monoisotopic (exact) mass is 206 g/mol. The van der Waals surface area contributed by atoms with E-state index in [4.69, 9.17) is 0 Å². The molecule has 1 aliphatic rings. The Morgan fingerprint density at radius 1 is 1.60 bits per heavy atom. The van der Waals surface area contributed by atoms with E-state index < -0.39 is 0 Å². The van der Waals surface area contributed by atoms with Crippen LogP contribution in [0.5, 0.6) is 0 Å². The van der Waals surface area contributed by atoms with Crippen molar-refractivity contribution in [2.75, 3.05) is 13.1 Å². The van der Waals surface area contributed by atoms with E-state index in [0.29, 0.717) is 6.54 Å². The number of hydrogen-bond acceptors (Lipinski definition) is 3. The van der Waals surface area contributed by atoms with Crippen molar-refractivity contribution in [3.05, 3.63) is 29.1 Å². The first-order chi connectivity index (χ1) is 7.27. The number of hydrogen-bond donors (Lipinski definition) is 3. The Morgan fingerprint density at radius 2 is 2.40 bits per heavy atom. The zero-order chi connectivity index (χ0) is 10.7. The smallest absolute Gasteiger partial charge is 0.247 e. The summed E-state index contributed by atoms with van der Waals surface area (Å²) < 4.78 is 0. The molecule has 1 aromatic heterocycles. The second kappa shape index (κ2) is 4.27. The molecule has 15 heavy (non-hydrogen) atoms. The lowest BCUT2D eigenvalue weighted by Crippen LogP contribution is -2.37. The Kier molecular flexibility index (Phi) is 2.82. The molecule has 0 saturated carbocycles. The van der Waals surface area contributed by atoms with Crippen LogP contribution in [0.1, 0.15) is 12.5 Å². The Labute approximate surface area is 87.9 Å². The van der Waals surface area contributed by atoms with E-state index in [0.717, 1.165) is 24.2 Å². The van der Waals surface area contributed by atoms with Gasteiger partial charge < -0.3 is 10.6 Å². The second-order valence-electron chi connectivity index (χ2n) is 3.62. The van der Waals surface area contributed by atoms with Crippen molar-refractivity contribution in [3.63, 3.8) is 0 Å². The van der Waals surface area contributed by atoms with Crippen molar-refractivity contribution in [2.45, 2.75) is 13.5 Å². The highest BCUT2D eigenvalue weighted by atomic mass is 16.1. The van der Waals surface area contributed by atoms with E-state index in [-0.39, 0.29) is 5.91 Å². The third kappa shape index (κ3) is 2.24. The molecule has 1 aliphatic heterocycles. The quantitative estimate of drug-likeness (QED) is 0.607. The summed E-state index contributed by atoms with van der Waals surface area (Å²) in [5.74, 6) is 0.00713. The van der Waals surface area contributed by atoms with Gasteiger partial charge in [0.2, 0.25) is 5.91 Å². The van der Waals surface area contributed by atoms with Crippen LogP contribution in [0.3, 0.4) is 0 Å². The number of aromatic nitrogens is 2. The van der Waals surface area contributed by atoms with Gasteiger partial charge in [-0.2, -0.15) is 5.10 Å². The number of aromatic amines is 1. The highest BCUT2D eigenvalue weighted by Gasteiger charge is 2.15. The van der Waals surface area contributed by atoms with Gasteiger partial charge in [-0.25, -0.2) is 0 Å². The third-order valence-electron chi connectivity index (χ3n) is 2.56. The van der Waals surface area contributed by atoms with Gasteiger partial charge in [0.15, 0.2) is 0 Å². The predicted molar refractivity (Wildman–Crippen MR) is 56.0 cm³/mol. The van der Waals surface area contributed by atoms with E-state index in [1.165, 1.54) is 5.57 Å². The van der Waals surface area contributed by atoms with Crippen LogP contribution in [0.15, 0.2) is 23.5 Å². The summed E-state index contributed by atoms with van der Waals surface area (Å²) in [5.41, 5.74) is 3.00. The number of amides is 1. The minimum Gasteiger partial charge on any atom is -0.348 e.